The highest BCUT2D eigenvalue weighted by atomic mass is 35.5. The molecule has 1 heterocycles. The maximum Gasteiger partial charge on any atom is 0.269 e. The lowest BCUT2D eigenvalue weighted by Crippen LogP contribution is -2.24. The summed E-state index contributed by atoms with van der Waals surface area (Å²) >= 11 is 11.8. The molecule has 0 spiro atoms. The summed E-state index contributed by atoms with van der Waals surface area (Å²) < 4.78 is 28.0. The molecule has 0 fully saturated rings. The smallest absolute Gasteiger partial charge is 0.269 e. The Bertz CT molecular complexity index is 1070. The first-order valence-corrected chi connectivity index (χ1v) is 8.50. The number of nitrogens with one attached hydrogen (secondary N) is 1. The summed E-state index contributed by atoms with van der Waals surface area (Å²) in [5, 5.41) is 2.72. The van der Waals surface area contributed by atoms with Gasteiger partial charge in [0.1, 0.15) is 16.7 Å². The van der Waals surface area contributed by atoms with Crippen LogP contribution in [0.4, 0.5) is 14.5 Å². The topological polar surface area (TPSA) is 51.1 Å². The van der Waals surface area contributed by atoms with E-state index >= 15 is 0 Å². The van der Waals surface area contributed by atoms with Crippen LogP contribution in [0.5, 0.6) is 0 Å². The van der Waals surface area contributed by atoms with Crippen molar-refractivity contribution >= 4 is 34.8 Å². The fraction of sp³-hybridized carbons (Fsp3) is 0.0526. The van der Waals surface area contributed by atoms with Gasteiger partial charge in [0.15, 0.2) is 0 Å². The van der Waals surface area contributed by atoms with Gasteiger partial charge in [0.2, 0.25) is 0 Å². The summed E-state index contributed by atoms with van der Waals surface area (Å²) in [6, 6.07) is 10.8. The number of amides is 1. The molecule has 0 atom stereocenters. The van der Waals surface area contributed by atoms with Gasteiger partial charge in [0, 0.05) is 17.3 Å². The Morgan fingerprint density at radius 2 is 1.74 bits per heavy atom. The number of rotatable bonds is 4. The Morgan fingerprint density at radius 1 is 1.04 bits per heavy atom. The summed E-state index contributed by atoms with van der Waals surface area (Å²) in [5.74, 6) is -2.36. The van der Waals surface area contributed by atoms with Gasteiger partial charge >= 0.3 is 0 Å². The highest BCUT2D eigenvalue weighted by Gasteiger charge is 2.14. The van der Waals surface area contributed by atoms with Crippen LogP contribution in [-0.4, -0.2) is 10.5 Å². The second kappa shape index (κ2) is 7.90. The minimum atomic E-state index is -0.913. The molecular formula is C19H12Cl2F2N2O2. The predicted molar refractivity (Wildman–Crippen MR) is 101 cm³/mol. The van der Waals surface area contributed by atoms with E-state index in [-0.39, 0.29) is 22.8 Å². The van der Waals surface area contributed by atoms with Gasteiger partial charge in [-0.2, -0.15) is 0 Å². The normalized spacial score (nSPS) is 10.7. The molecular weight excluding hydrogens is 397 g/mol. The second-order valence-electron chi connectivity index (χ2n) is 5.71. The number of nitrogens with zero attached hydrogens (tertiary/aromatic N) is 1. The van der Waals surface area contributed by atoms with Crippen molar-refractivity contribution in [1.29, 1.82) is 0 Å². The van der Waals surface area contributed by atoms with Gasteiger partial charge in [-0.3, -0.25) is 9.59 Å². The fourth-order valence-electron chi connectivity index (χ4n) is 2.41. The number of hydrogen-bond donors (Lipinski definition) is 1. The van der Waals surface area contributed by atoms with E-state index in [2.05, 4.69) is 5.32 Å². The molecule has 1 amide bonds. The Labute approximate surface area is 163 Å². The molecule has 0 unspecified atom stereocenters. The molecule has 3 aromatic rings. The predicted octanol–water partition coefficient (Wildman–Crippen LogP) is 4.73. The number of benzene rings is 2. The van der Waals surface area contributed by atoms with Crippen LogP contribution in [0.15, 0.2) is 59.5 Å². The monoisotopic (exact) mass is 408 g/mol. The van der Waals surface area contributed by atoms with Crippen molar-refractivity contribution in [1.82, 2.24) is 4.57 Å². The van der Waals surface area contributed by atoms with Crippen LogP contribution in [0.25, 0.3) is 0 Å². The minimum Gasteiger partial charge on any atom is -0.319 e. The van der Waals surface area contributed by atoms with E-state index in [0.29, 0.717) is 11.1 Å². The maximum absolute atomic E-state index is 13.7. The average molecular weight is 409 g/mol. The van der Waals surface area contributed by atoms with Crippen LogP contribution in [0.1, 0.15) is 15.9 Å². The standard InChI is InChI=1S/C19H12Cl2F2N2O2/c20-13-3-1-11(2-4-13)9-25-10-12(7-15(21)19(25)27)18(26)24-17-6-5-14(22)8-16(17)23/h1-8,10H,9H2,(H,24,26). The van der Waals surface area contributed by atoms with Gasteiger partial charge in [-0.25, -0.2) is 8.78 Å². The number of pyridine rings is 1. The van der Waals surface area contributed by atoms with Crippen molar-refractivity contribution in [2.75, 3.05) is 5.32 Å². The van der Waals surface area contributed by atoms with Crippen molar-refractivity contribution < 1.29 is 13.6 Å². The number of anilines is 1. The number of hydrogen-bond acceptors (Lipinski definition) is 2. The van der Waals surface area contributed by atoms with E-state index in [1.54, 1.807) is 24.3 Å². The van der Waals surface area contributed by atoms with Crippen molar-refractivity contribution in [3.63, 3.8) is 0 Å². The Balaban J connectivity index is 1.89. The Kier molecular flexibility index (Phi) is 5.58. The van der Waals surface area contributed by atoms with Gasteiger partial charge in [-0.05, 0) is 35.9 Å². The van der Waals surface area contributed by atoms with Crippen molar-refractivity contribution in [2.24, 2.45) is 0 Å². The lowest BCUT2D eigenvalue weighted by Gasteiger charge is -2.11. The third kappa shape index (κ3) is 4.53. The molecule has 1 aromatic heterocycles. The SMILES string of the molecule is O=C(Nc1ccc(F)cc1F)c1cc(Cl)c(=O)n(Cc2ccc(Cl)cc2)c1. The molecule has 0 radical (unpaired) electrons. The third-order valence-electron chi connectivity index (χ3n) is 3.75. The summed E-state index contributed by atoms with van der Waals surface area (Å²) in [6.07, 6.45) is 1.32. The first-order chi connectivity index (χ1) is 12.8. The molecule has 3 rings (SSSR count). The molecule has 2 aromatic carbocycles. The van der Waals surface area contributed by atoms with Crippen LogP contribution in [0.2, 0.25) is 10.0 Å². The van der Waals surface area contributed by atoms with E-state index in [1.165, 1.54) is 16.8 Å². The highest BCUT2D eigenvalue weighted by Crippen LogP contribution is 2.17. The zero-order valence-corrected chi connectivity index (χ0v) is 15.2. The van der Waals surface area contributed by atoms with Crippen LogP contribution >= 0.6 is 23.2 Å². The average Bonchev–Trinajstić information content (AvgIpc) is 2.63. The first kappa shape index (κ1) is 19.1. The Hall–Kier alpha value is -2.70. The van der Waals surface area contributed by atoms with Crippen molar-refractivity contribution in [3.8, 4) is 0 Å². The molecule has 8 heteroatoms. The van der Waals surface area contributed by atoms with Gasteiger partial charge in [-0.1, -0.05) is 35.3 Å². The van der Waals surface area contributed by atoms with Crippen LogP contribution in [-0.2, 0) is 6.54 Å². The van der Waals surface area contributed by atoms with Gasteiger partial charge in [0.25, 0.3) is 11.5 Å². The van der Waals surface area contributed by atoms with E-state index in [4.69, 9.17) is 23.2 Å². The molecule has 0 aliphatic rings. The highest BCUT2D eigenvalue weighted by molar-refractivity contribution is 6.31. The zero-order chi connectivity index (χ0) is 19.6. The number of carbonyl (C=O) groups excluding carboxylic acids is 1. The van der Waals surface area contributed by atoms with Crippen molar-refractivity contribution in [2.45, 2.75) is 6.54 Å². The van der Waals surface area contributed by atoms with Crippen LogP contribution in [0, 0.1) is 11.6 Å². The molecule has 0 saturated carbocycles. The van der Waals surface area contributed by atoms with Crippen LogP contribution < -0.4 is 10.9 Å². The van der Waals surface area contributed by atoms with E-state index in [1.807, 2.05) is 0 Å². The lowest BCUT2D eigenvalue weighted by atomic mass is 10.2. The molecule has 1 N–H and O–H groups in total. The quantitative estimate of drug-likeness (QED) is 0.677. The summed E-state index contributed by atoms with van der Waals surface area (Å²) in [5.41, 5.74) is 0.168. The molecule has 27 heavy (non-hydrogen) atoms. The molecule has 4 nitrogen and oxygen atoms in total. The summed E-state index contributed by atoms with van der Waals surface area (Å²) in [6.45, 7) is 0.168. The number of halogens is 4. The van der Waals surface area contributed by atoms with Gasteiger partial charge in [0.05, 0.1) is 17.8 Å². The molecule has 0 aliphatic carbocycles. The van der Waals surface area contributed by atoms with E-state index in [9.17, 15) is 18.4 Å². The van der Waals surface area contributed by atoms with E-state index in [0.717, 1.165) is 17.7 Å². The van der Waals surface area contributed by atoms with Gasteiger partial charge < -0.3 is 9.88 Å². The molecule has 138 valence electrons. The summed E-state index contributed by atoms with van der Waals surface area (Å²) in [4.78, 5) is 24.6. The third-order valence-corrected chi connectivity index (χ3v) is 4.27. The number of carbonyl (C=O) groups is 1. The molecule has 0 bridgehead atoms. The summed E-state index contributed by atoms with van der Waals surface area (Å²) in [7, 11) is 0. The fourth-order valence-corrected chi connectivity index (χ4v) is 2.76. The maximum atomic E-state index is 13.7. The van der Waals surface area contributed by atoms with Gasteiger partial charge in [-0.15, -0.1) is 0 Å². The van der Waals surface area contributed by atoms with Crippen molar-refractivity contribution in [3.05, 3.63) is 97.9 Å². The minimum absolute atomic E-state index is 0.0530. The number of aromatic nitrogens is 1. The largest absolute Gasteiger partial charge is 0.319 e. The second-order valence-corrected chi connectivity index (χ2v) is 6.56. The zero-order valence-electron chi connectivity index (χ0n) is 13.7. The Morgan fingerprint density at radius 3 is 2.41 bits per heavy atom. The first-order valence-electron chi connectivity index (χ1n) is 7.74. The molecule has 0 saturated heterocycles. The lowest BCUT2D eigenvalue weighted by molar-refractivity contribution is 0.102. The van der Waals surface area contributed by atoms with Crippen LogP contribution in [0.3, 0.4) is 0 Å². The van der Waals surface area contributed by atoms with E-state index < -0.39 is 23.1 Å². The molecule has 0 aliphatic heterocycles.